The molecule has 1 aliphatic rings. The Labute approximate surface area is 205 Å². The van der Waals surface area contributed by atoms with Gasteiger partial charge in [-0.1, -0.05) is 41.6 Å². The molecule has 0 radical (unpaired) electrons. The Balaban J connectivity index is 1.52. The molecular weight excluding hydrogens is 478 g/mol. The van der Waals surface area contributed by atoms with Gasteiger partial charge in [-0.05, 0) is 36.4 Å². The third kappa shape index (κ3) is 5.94. The summed E-state index contributed by atoms with van der Waals surface area (Å²) < 4.78 is 59.0. The second kappa shape index (κ2) is 10.7. The molecule has 1 atom stereocenters. The number of rotatable bonds is 7. The second-order valence-corrected chi connectivity index (χ2v) is 8.15. The van der Waals surface area contributed by atoms with Crippen LogP contribution in [0.3, 0.4) is 0 Å². The van der Waals surface area contributed by atoms with E-state index in [1.54, 1.807) is 19.2 Å². The minimum absolute atomic E-state index is 0.0152. The number of oxime groups is 1. The van der Waals surface area contributed by atoms with Crippen LogP contribution in [0.5, 0.6) is 5.75 Å². The van der Waals surface area contributed by atoms with Gasteiger partial charge in [0.15, 0.2) is 6.10 Å². The van der Waals surface area contributed by atoms with Crippen LogP contribution in [0.25, 0.3) is 0 Å². The fourth-order valence-corrected chi connectivity index (χ4v) is 3.84. The molecule has 0 saturated carbocycles. The van der Waals surface area contributed by atoms with Crippen molar-refractivity contribution >= 4 is 17.4 Å². The predicted octanol–water partition coefficient (Wildman–Crippen LogP) is 6.08. The van der Waals surface area contributed by atoms with Crippen LogP contribution in [0.15, 0.2) is 78.0 Å². The Bertz CT molecular complexity index is 1260. The van der Waals surface area contributed by atoms with Crippen molar-refractivity contribution in [1.29, 1.82) is 0 Å². The molecule has 3 aromatic rings. The number of halogens is 4. The molecule has 0 aromatic heterocycles. The second-order valence-electron chi connectivity index (χ2n) is 8.15. The summed E-state index contributed by atoms with van der Waals surface area (Å²) in [5.41, 5.74) is 0.695. The molecule has 188 valence electrons. The summed E-state index contributed by atoms with van der Waals surface area (Å²) in [6.45, 7) is -0.109. The highest BCUT2D eigenvalue weighted by molar-refractivity contribution is 6.03. The molecule has 0 saturated heterocycles. The van der Waals surface area contributed by atoms with Crippen molar-refractivity contribution in [2.75, 3.05) is 19.0 Å². The molecule has 0 aliphatic carbocycles. The first-order valence-electron chi connectivity index (χ1n) is 11.1. The molecule has 0 spiro atoms. The average Bonchev–Trinajstić information content (AvgIpc) is 3.33. The average molecular weight is 501 g/mol. The van der Waals surface area contributed by atoms with Crippen LogP contribution in [0.4, 0.5) is 28.0 Å². The largest absolute Gasteiger partial charge is 0.496 e. The zero-order valence-electron chi connectivity index (χ0n) is 19.3. The summed E-state index contributed by atoms with van der Waals surface area (Å²) in [5.74, 6) is 0.110. The zero-order valence-corrected chi connectivity index (χ0v) is 19.3. The maximum absolute atomic E-state index is 14.4. The topological polar surface area (TPSA) is 63.2 Å². The number of carbonyl (C=O) groups excluding carboxylic acids is 1. The first-order chi connectivity index (χ1) is 17.2. The van der Waals surface area contributed by atoms with E-state index in [2.05, 4.69) is 10.5 Å². The van der Waals surface area contributed by atoms with Gasteiger partial charge in [0.05, 0.1) is 31.5 Å². The van der Waals surface area contributed by atoms with Gasteiger partial charge < -0.3 is 19.8 Å². The van der Waals surface area contributed by atoms with Gasteiger partial charge in [0.25, 0.3) is 0 Å². The number of para-hydroxylation sites is 1. The lowest BCUT2D eigenvalue weighted by Gasteiger charge is -2.25. The lowest BCUT2D eigenvalue weighted by atomic mass is 10.0. The molecule has 3 aromatic carbocycles. The Morgan fingerprint density at radius 2 is 1.86 bits per heavy atom. The number of benzene rings is 3. The number of alkyl halides is 3. The maximum Gasteiger partial charge on any atom is 0.416 e. The van der Waals surface area contributed by atoms with Gasteiger partial charge in [-0.15, -0.1) is 0 Å². The van der Waals surface area contributed by atoms with Gasteiger partial charge in [-0.2, -0.15) is 13.2 Å². The number of carbonyl (C=O) groups is 1. The summed E-state index contributed by atoms with van der Waals surface area (Å²) in [5, 5.41) is 6.62. The maximum atomic E-state index is 14.4. The minimum atomic E-state index is -4.56. The lowest BCUT2D eigenvalue weighted by Crippen LogP contribution is -2.40. The number of nitrogens with zero attached hydrogens (tertiary/aromatic N) is 2. The van der Waals surface area contributed by atoms with Gasteiger partial charge in [0.2, 0.25) is 0 Å². The molecule has 2 amide bonds. The summed E-state index contributed by atoms with van der Waals surface area (Å²) in [6.07, 6.45) is -4.76. The van der Waals surface area contributed by atoms with Crippen LogP contribution < -0.4 is 10.1 Å². The summed E-state index contributed by atoms with van der Waals surface area (Å²) in [6, 6.07) is 16.9. The number of ether oxygens (including phenoxy) is 1. The Morgan fingerprint density at radius 1 is 1.11 bits per heavy atom. The van der Waals surface area contributed by atoms with Gasteiger partial charge >= 0.3 is 12.2 Å². The number of anilines is 1. The van der Waals surface area contributed by atoms with Crippen LogP contribution in [0.1, 0.15) is 23.1 Å². The van der Waals surface area contributed by atoms with Gasteiger partial charge in [-0.25, -0.2) is 9.18 Å². The van der Waals surface area contributed by atoms with Crippen LogP contribution in [0, 0.1) is 5.82 Å². The lowest BCUT2D eigenvalue weighted by molar-refractivity contribution is -0.137. The molecule has 1 unspecified atom stereocenters. The van der Waals surface area contributed by atoms with E-state index in [4.69, 9.17) is 9.57 Å². The van der Waals surface area contributed by atoms with Crippen LogP contribution in [-0.2, 0) is 17.6 Å². The number of hydrogen-bond acceptors (Lipinski definition) is 4. The first-order valence-corrected chi connectivity index (χ1v) is 11.1. The zero-order chi connectivity index (χ0) is 25.7. The molecule has 1 N–H and O–H groups in total. The molecule has 0 fully saturated rings. The molecule has 1 aliphatic heterocycles. The number of urea groups is 1. The monoisotopic (exact) mass is 501 g/mol. The van der Waals surface area contributed by atoms with Crippen molar-refractivity contribution in [3.63, 3.8) is 0 Å². The minimum Gasteiger partial charge on any atom is -0.496 e. The van der Waals surface area contributed by atoms with E-state index in [1.807, 2.05) is 18.2 Å². The van der Waals surface area contributed by atoms with Crippen molar-refractivity contribution in [2.45, 2.75) is 25.2 Å². The van der Waals surface area contributed by atoms with Crippen LogP contribution in [0.2, 0.25) is 0 Å². The van der Waals surface area contributed by atoms with E-state index in [-0.39, 0.29) is 24.3 Å². The highest BCUT2D eigenvalue weighted by Crippen LogP contribution is 2.31. The third-order valence-corrected chi connectivity index (χ3v) is 5.62. The standard InChI is InChI=1S/C26H23F4N3O3/c1-35-24-12-5-3-10-21(24)23-14-20(36-32-23)16-33(15-17-7-2-4-11-22(17)27)25(34)31-19-9-6-8-18(13-19)26(28,29)30/h2-13,20H,14-16H2,1H3,(H,31,34). The van der Waals surface area contributed by atoms with E-state index >= 15 is 0 Å². The Morgan fingerprint density at radius 3 is 2.61 bits per heavy atom. The number of nitrogens with one attached hydrogen (secondary N) is 1. The third-order valence-electron chi connectivity index (χ3n) is 5.62. The molecule has 10 heteroatoms. The Kier molecular flexibility index (Phi) is 7.42. The quantitative estimate of drug-likeness (QED) is 0.399. The van der Waals surface area contributed by atoms with Gasteiger partial charge in [-0.3, -0.25) is 0 Å². The molecular formula is C26H23F4N3O3. The van der Waals surface area contributed by atoms with E-state index < -0.39 is 29.7 Å². The summed E-state index contributed by atoms with van der Waals surface area (Å²) >= 11 is 0. The van der Waals surface area contributed by atoms with Crippen molar-refractivity contribution in [1.82, 2.24) is 4.90 Å². The molecule has 6 nitrogen and oxygen atoms in total. The predicted molar refractivity (Wildman–Crippen MR) is 126 cm³/mol. The highest BCUT2D eigenvalue weighted by atomic mass is 19.4. The van der Waals surface area contributed by atoms with Crippen molar-refractivity contribution in [2.24, 2.45) is 5.16 Å². The SMILES string of the molecule is COc1ccccc1C1=NOC(CN(Cc2ccccc2F)C(=O)Nc2cccc(C(F)(F)F)c2)C1. The fourth-order valence-electron chi connectivity index (χ4n) is 3.84. The van der Waals surface area contributed by atoms with Crippen LogP contribution >= 0.6 is 0 Å². The molecule has 0 bridgehead atoms. The molecule has 36 heavy (non-hydrogen) atoms. The van der Waals surface area contributed by atoms with Gasteiger partial charge in [0, 0.05) is 23.2 Å². The molecule has 1 heterocycles. The van der Waals surface area contributed by atoms with E-state index in [9.17, 15) is 22.4 Å². The van der Waals surface area contributed by atoms with Crippen molar-refractivity contribution in [3.05, 3.63) is 95.3 Å². The Hall–Kier alpha value is -4.08. The fraction of sp³-hybridized carbons (Fsp3) is 0.231. The summed E-state index contributed by atoms with van der Waals surface area (Å²) in [4.78, 5) is 20.0. The van der Waals surface area contributed by atoms with E-state index in [1.165, 1.54) is 35.2 Å². The first kappa shape index (κ1) is 25.0. The normalized spacial score (nSPS) is 15.1. The van der Waals surface area contributed by atoms with E-state index in [0.717, 1.165) is 17.7 Å². The number of amides is 2. The number of hydrogen-bond donors (Lipinski definition) is 1. The van der Waals surface area contributed by atoms with Gasteiger partial charge in [0.1, 0.15) is 11.6 Å². The van der Waals surface area contributed by atoms with E-state index in [0.29, 0.717) is 17.9 Å². The van der Waals surface area contributed by atoms with Crippen molar-refractivity contribution in [3.8, 4) is 5.75 Å². The van der Waals surface area contributed by atoms with Crippen molar-refractivity contribution < 1.29 is 31.9 Å². The molecule has 4 rings (SSSR count). The van der Waals surface area contributed by atoms with Crippen LogP contribution in [-0.4, -0.2) is 36.4 Å². The number of methoxy groups -OCH3 is 1. The smallest absolute Gasteiger partial charge is 0.416 e. The summed E-state index contributed by atoms with van der Waals surface area (Å²) in [7, 11) is 1.54. The highest BCUT2D eigenvalue weighted by Gasteiger charge is 2.31.